The fourth-order valence-electron chi connectivity index (χ4n) is 1.94. The molecule has 0 bridgehead atoms. The van der Waals surface area contributed by atoms with Crippen molar-refractivity contribution in [3.63, 3.8) is 0 Å². The second-order valence-corrected chi connectivity index (χ2v) is 4.20. The normalized spacial score (nSPS) is 11.3. The zero-order valence-corrected chi connectivity index (χ0v) is 10.1. The van der Waals surface area contributed by atoms with Crippen molar-refractivity contribution >= 4 is 10.8 Å². The number of allylic oxidation sites excluding steroid dienone is 2. The van der Waals surface area contributed by atoms with Crippen molar-refractivity contribution in [2.45, 2.75) is 12.8 Å². The van der Waals surface area contributed by atoms with Crippen LogP contribution in [0, 0.1) is 22.7 Å². The molecule has 86 valence electrons. The number of nitriles is 2. The van der Waals surface area contributed by atoms with Crippen LogP contribution >= 0.6 is 0 Å². The van der Waals surface area contributed by atoms with Gasteiger partial charge in [0.2, 0.25) is 0 Å². The summed E-state index contributed by atoms with van der Waals surface area (Å²) in [4.78, 5) is 0. The van der Waals surface area contributed by atoms with E-state index in [9.17, 15) is 0 Å². The summed E-state index contributed by atoms with van der Waals surface area (Å²) < 4.78 is 0. The Kier molecular flexibility index (Phi) is 3.41. The Hall–Kier alpha value is -2.58. The highest BCUT2D eigenvalue weighted by molar-refractivity contribution is 5.83. The first-order valence-corrected chi connectivity index (χ1v) is 5.75. The molecule has 2 rings (SSSR count). The second-order valence-electron chi connectivity index (χ2n) is 4.20. The number of benzene rings is 2. The topological polar surface area (TPSA) is 47.6 Å². The van der Waals surface area contributed by atoms with Crippen molar-refractivity contribution < 1.29 is 0 Å². The van der Waals surface area contributed by atoms with Crippen LogP contribution in [0.2, 0.25) is 0 Å². The van der Waals surface area contributed by atoms with E-state index in [4.69, 9.17) is 10.5 Å². The molecule has 0 amide bonds. The number of rotatable bonds is 2. The lowest BCUT2D eigenvalue weighted by Gasteiger charge is -2.08. The van der Waals surface area contributed by atoms with Gasteiger partial charge in [-0.25, -0.2) is 0 Å². The van der Waals surface area contributed by atoms with Gasteiger partial charge in [-0.2, -0.15) is 10.5 Å². The molecular weight excluding hydrogens is 220 g/mol. The van der Waals surface area contributed by atoms with Crippen LogP contribution < -0.4 is 0 Å². The molecule has 0 aliphatic rings. The van der Waals surface area contributed by atoms with Gasteiger partial charge in [0.15, 0.2) is 0 Å². The average molecular weight is 232 g/mol. The predicted octanol–water partition coefficient (Wildman–Crippen LogP) is 3.92. The number of nitrogens with zero attached hydrogens (tertiary/aromatic N) is 2. The SMILES string of the molecule is CC(C=C(C#N)C#N)c1ccc2ccccc2c1. The van der Waals surface area contributed by atoms with Gasteiger partial charge in [0.05, 0.1) is 0 Å². The Labute approximate surface area is 106 Å². The zero-order chi connectivity index (χ0) is 13.0. The van der Waals surface area contributed by atoms with Crippen molar-refractivity contribution in [3.8, 4) is 12.1 Å². The largest absolute Gasteiger partial charge is 0.192 e. The predicted molar refractivity (Wildman–Crippen MR) is 71.7 cm³/mol. The van der Waals surface area contributed by atoms with Crippen LogP contribution in [-0.2, 0) is 0 Å². The van der Waals surface area contributed by atoms with E-state index in [1.54, 1.807) is 6.08 Å². The van der Waals surface area contributed by atoms with Crippen LogP contribution in [0.25, 0.3) is 10.8 Å². The molecule has 0 aromatic heterocycles. The molecule has 2 heteroatoms. The van der Waals surface area contributed by atoms with Crippen molar-refractivity contribution in [2.75, 3.05) is 0 Å². The Morgan fingerprint density at radius 3 is 2.39 bits per heavy atom. The third kappa shape index (κ3) is 2.39. The molecule has 0 radical (unpaired) electrons. The zero-order valence-electron chi connectivity index (χ0n) is 10.1. The molecule has 2 aromatic rings. The third-order valence-electron chi connectivity index (χ3n) is 2.96. The van der Waals surface area contributed by atoms with Gasteiger partial charge >= 0.3 is 0 Å². The Morgan fingerprint density at radius 1 is 1.06 bits per heavy atom. The monoisotopic (exact) mass is 232 g/mol. The Morgan fingerprint density at radius 2 is 1.72 bits per heavy atom. The molecule has 2 nitrogen and oxygen atoms in total. The first-order chi connectivity index (χ1) is 8.74. The Bertz CT molecular complexity index is 668. The molecule has 0 N–H and O–H groups in total. The lowest BCUT2D eigenvalue weighted by molar-refractivity contribution is 0.966. The molecule has 0 saturated carbocycles. The fraction of sp³-hybridized carbons (Fsp3) is 0.125. The third-order valence-corrected chi connectivity index (χ3v) is 2.96. The standard InChI is InChI=1S/C16H12N2/c1-12(8-13(10-17)11-18)15-7-6-14-4-2-3-5-16(14)9-15/h2-9,12H,1H3. The second kappa shape index (κ2) is 5.17. The van der Waals surface area contributed by atoms with Crippen molar-refractivity contribution in [1.82, 2.24) is 0 Å². The van der Waals surface area contributed by atoms with Gasteiger partial charge in [-0.05, 0) is 22.4 Å². The molecule has 0 fully saturated rings. The molecule has 0 aliphatic carbocycles. The van der Waals surface area contributed by atoms with Crippen LogP contribution in [0.5, 0.6) is 0 Å². The van der Waals surface area contributed by atoms with Gasteiger partial charge in [-0.15, -0.1) is 0 Å². The molecule has 0 spiro atoms. The van der Waals surface area contributed by atoms with E-state index in [-0.39, 0.29) is 11.5 Å². The average Bonchev–Trinajstić information content (AvgIpc) is 2.44. The summed E-state index contributed by atoms with van der Waals surface area (Å²) in [6.45, 7) is 1.98. The summed E-state index contributed by atoms with van der Waals surface area (Å²) in [6.07, 6.45) is 1.70. The molecule has 0 saturated heterocycles. The first-order valence-electron chi connectivity index (χ1n) is 5.75. The molecule has 0 heterocycles. The van der Waals surface area contributed by atoms with Gasteiger partial charge in [-0.3, -0.25) is 0 Å². The van der Waals surface area contributed by atoms with Gasteiger partial charge < -0.3 is 0 Å². The summed E-state index contributed by atoms with van der Waals surface area (Å²) in [5, 5.41) is 19.9. The highest BCUT2D eigenvalue weighted by Gasteiger charge is 2.05. The van der Waals surface area contributed by atoms with Gasteiger partial charge in [0, 0.05) is 5.92 Å². The van der Waals surface area contributed by atoms with Crippen molar-refractivity contribution in [3.05, 3.63) is 59.7 Å². The lowest BCUT2D eigenvalue weighted by Crippen LogP contribution is -1.90. The minimum Gasteiger partial charge on any atom is -0.192 e. The highest BCUT2D eigenvalue weighted by atomic mass is 14.3. The summed E-state index contributed by atoms with van der Waals surface area (Å²) in [7, 11) is 0. The minimum absolute atomic E-state index is 0.0592. The maximum atomic E-state index is 8.75. The van der Waals surface area contributed by atoms with Crippen LogP contribution in [-0.4, -0.2) is 0 Å². The van der Waals surface area contributed by atoms with Crippen molar-refractivity contribution in [1.29, 1.82) is 10.5 Å². The van der Waals surface area contributed by atoms with Gasteiger partial charge in [0.25, 0.3) is 0 Å². The summed E-state index contributed by atoms with van der Waals surface area (Å²) >= 11 is 0. The smallest absolute Gasteiger partial charge is 0.126 e. The van der Waals surface area contributed by atoms with E-state index < -0.39 is 0 Å². The van der Waals surface area contributed by atoms with E-state index in [1.165, 1.54) is 10.8 Å². The molecule has 1 atom stereocenters. The molecule has 2 aromatic carbocycles. The number of fused-ring (bicyclic) bond motifs is 1. The summed E-state index contributed by atoms with van der Waals surface area (Å²) in [5.41, 5.74) is 1.27. The first kappa shape index (κ1) is 11.9. The van der Waals surface area contributed by atoms with E-state index >= 15 is 0 Å². The fourth-order valence-corrected chi connectivity index (χ4v) is 1.94. The lowest BCUT2D eigenvalue weighted by atomic mass is 9.96. The van der Waals surface area contributed by atoms with E-state index in [1.807, 2.05) is 37.3 Å². The maximum Gasteiger partial charge on any atom is 0.126 e. The Balaban J connectivity index is 2.41. The van der Waals surface area contributed by atoms with Crippen LogP contribution in [0.15, 0.2) is 54.1 Å². The molecular formula is C16H12N2. The van der Waals surface area contributed by atoms with Crippen LogP contribution in [0.3, 0.4) is 0 Å². The molecule has 1 unspecified atom stereocenters. The highest BCUT2D eigenvalue weighted by Crippen LogP contribution is 2.23. The van der Waals surface area contributed by atoms with Gasteiger partial charge in [-0.1, -0.05) is 49.4 Å². The number of hydrogen-bond donors (Lipinski definition) is 0. The van der Waals surface area contributed by atoms with E-state index in [0.29, 0.717) is 0 Å². The summed E-state index contributed by atoms with van der Waals surface area (Å²) in [5.74, 6) is 0.0592. The van der Waals surface area contributed by atoms with E-state index in [0.717, 1.165) is 5.56 Å². The van der Waals surface area contributed by atoms with Crippen LogP contribution in [0.4, 0.5) is 0 Å². The minimum atomic E-state index is 0.0592. The summed E-state index contributed by atoms with van der Waals surface area (Å²) in [6, 6.07) is 18.1. The van der Waals surface area contributed by atoms with Crippen LogP contribution in [0.1, 0.15) is 18.4 Å². The van der Waals surface area contributed by atoms with Gasteiger partial charge in [0.1, 0.15) is 17.7 Å². The quantitative estimate of drug-likeness (QED) is 0.737. The molecule has 18 heavy (non-hydrogen) atoms. The van der Waals surface area contributed by atoms with E-state index in [2.05, 4.69) is 24.3 Å². The number of hydrogen-bond acceptors (Lipinski definition) is 2. The van der Waals surface area contributed by atoms with Crippen molar-refractivity contribution in [2.24, 2.45) is 0 Å². The maximum absolute atomic E-state index is 8.75. The molecule has 0 aliphatic heterocycles.